The van der Waals surface area contributed by atoms with Crippen LogP contribution in [0.1, 0.15) is 0 Å². The van der Waals surface area contributed by atoms with Gasteiger partial charge in [-0.05, 0) is 81.9 Å². The minimum Gasteiger partial charge on any atom is -0.310 e. The Morgan fingerprint density at radius 2 is 0.750 bits per heavy atom. The SMILES string of the molecule is c1ccc(-c2ccc(N(c3ccc(-c4ccccc4)c(-c4ccccc4)c3)c3ccccc3-c3ccccc3-n3c4ccccc4c4ccccc43)cc2)cc1. The first-order chi connectivity index (χ1) is 27.8. The topological polar surface area (TPSA) is 8.17 Å². The van der Waals surface area contributed by atoms with Gasteiger partial charge >= 0.3 is 0 Å². The quantitative estimate of drug-likeness (QED) is 0.152. The maximum absolute atomic E-state index is 2.43. The van der Waals surface area contributed by atoms with Gasteiger partial charge in [0.1, 0.15) is 0 Å². The van der Waals surface area contributed by atoms with E-state index in [2.05, 4.69) is 240 Å². The van der Waals surface area contributed by atoms with Gasteiger partial charge in [0.15, 0.2) is 0 Å². The molecule has 0 radical (unpaired) electrons. The van der Waals surface area contributed by atoms with Crippen molar-refractivity contribution in [3.8, 4) is 50.2 Å². The first-order valence-corrected chi connectivity index (χ1v) is 19.2. The number of hydrogen-bond acceptors (Lipinski definition) is 1. The number of para-hydroxylation sites is 4. The normalized spacial score (nSPS) is 11.2. The zero-order valence-electron chi connectivity index (χ0n) is 30.8. The molecule has 0 atom stereocenters. The number of fused-ring (bicyclic) bond motifs is 3. The summed E-state index contributed by atoms with van der Waals surface area (Å²) in [7, 11) is 0. The third kappa shape index (κ3) is 5.95. The standard InChI is InChI=1S/C54H38N2/c1-4-18-39(19-5-1)40-32-34-43(35-33-40)55(44-36-37-45(41-20-6-2-7-21-41)50(38-44)42-22-8-3-9-23-42)51-28-14-10-24-46(51)47-25-11-15-29-52(47)56-53-30-16-12-26-48(53)49-27-13-17-31-54(49)56/h1-38H. The molecule has 10 aromatic rings. The van der Waals surface area contributed by atoms with Gasteiger partial charge in [0.25, 0.3) is 0 Å². The van der Waals surface area contributed by atoms with Crippen LogP contribution in [0.25, 0.3) is 72.0 Å². The van der Waals surface area contributed by atoms with Crippen molar-refractivity contribution in [2.24, 2.45) is 0 Å². The zero-order chi connectivity index (χ0) is 37.3. The van der Waals surface area contributed by atoms with Crippen LogP contribution in [0.2, 0.25) is 0 Å². The summed E-state index contributed by atoms with van der Waals surface area (Å²) in [5.74, 6) is 0. The van der Waals surface area contributed by atoms with Crippen LogP contribution in [-0.4, -0.2) is 4.57 Å². The van der Waals surface area contributed by atoms with E-state index in [9.17, 15) is 0 Å². The van der Waals surface area contributed by atoms with E-state index in [-0.39, 0.29) is 0 Å². The van der Waals surface area contributed by atoms with Crippen molar-refractivity contribution < 1.29 is 0 Å². The molecule has 0 amide bonds. The summed E-state index contributed by atoms with van der Waals surface area (Å²) in [5, 5.41) is 2.50. The molecule has 0 saturated carbocycles. The van der Waals surface area contributed by atoms with E-state index < -0.39 is 0 Å². The molecule has 264 valence electrons. The predicted octanol–water partition coefficient (Wildman–Crippen LogP) is 14.9. The molecule has 0 unspecified atom stereocenters. The lowest BCUT2D eigenvalue weighted by atomic mass is 9.93. The number of benzene rings is 9. The second-order valence-corrected chi connectivity index (χ2v) is 14.1. The van der Waals surface area contributed by atoms with Crippen LogP contribution < -0.4 is 4.90 Å². The lowest BCUT2D eigenvalue weighted by molar-refractivity contribution is 1.18. The van der Waals surface area contributed by atoms with Crippen LogP contribution >= 0.6 is 0 Å². The summed E-state index contributed by atoms with van der Waals surface area (Å²) >= 11 is 0. The van der Waals surface area contributed by atoms with E-state index in [1.165, 1.54) is 55.2 Å². The van der Waals surface area contributed by atoms with Crippen LogP contribution in [0.15, 0.2) is 231 Å². The van der Waals surface area contributed by atoms with Crippen molar-refractivity contribution in [1.82, 2.24) is 4.57 Å². The lowest BCUT2D eigenvalue weighted by Gasteiger charge is -2.29. The fourth-order valence-electron chi connectivity index (χ4n) is 8.23. The Hall–Kier alpha value is -7.42. The van der Waals surface area contributed by atoms with Crippen molar-refractivity contribution in [2.75, 3.05) is 4.90 Å². The Bertz CT molecular complexity index is 2890. The molecule has 2 nitrogen and oxygen atoms in total. The molecular formula is C54H38N2. The molecule has 0 spiro atoms. The summed E-state index contributed by atoms with van der Waals surface area (Å²) in [6.45, 7) is 0. The molecule has 2 heteroatoms. The van der Waals surface area contributed by atoms with Crippen molar-refractivity contribution >= 4 is 38.9 Å². The van der Waals surface area contributed by atoms with Gasteiger partial charge in [-0.3, -0.25) is 0 Å². The molecule has 0 aliphatic heterocycles. The molecule has 0 aliphatic rings. The third-order valence-electron chi connectivity index (χ3n) is 10.8. The minimum atomic E-state index is 1.08. The summed E-state index contributed by atoms with van der Waals surface area (Å²) in [4.78, 5) is 2.42. The van der Waals surface area contributed by atoms with Crippen LogP contribution in [0.3, 0.4) is 0 Å². The third-order valence-corrected chi connectivity index (χ3v) is 10.8. The highest BCUT2D eigenvalue weighted by Gasteiger charge is 2.22. The summed E-state index contributed by atoms with van der Waals surface area (Å²) in [6, 6.07) is 83.1. The minimum absolute atomic E-state index is 1.08. The molecule has 10 rings (SSSR count). The number of aromatic nitrogens is 1. The van der Waals surface area contributed by atoms with E-state index in [0.29, 0.717) is 0 Å². The maximum atomic E-state index is 2.43. The molecule has 56 heavy (non-hydrogen) atoms. The van der Waals surface area contributed by atoms with E-state index in [1.807, 2.05) is 0 Å². The Kier molecular flexibility index (Phi) is 8.55. The first-order valence-electron chi connectivity index (χ1n) is 19.2. The first kappa shape index (κ1) is 33.2. The summed E-state index contributed by atoms with van der Waals surface area (Å²) in [6.07, 6.45) is 0. The number of nitrogens with zero attached hydrogens (tertiary/aromatic N) is 2. The molecule has 0 aliphatic carbocycles. The molecule has 0 N–H and O–H groups in total. The van der Waals surface area contributed by atoms with Crippen LogP contribution in [0.5, 0.6) is 0 Å². The molecule has 9 aromatic carbocycles. The number of hydrogen-bond donors (Lipinski definition) is 0. The van der Waals surface area contributed by atoms with Gasteiger partial charge in [-0.2, -0.15) is 0 Å². The van der Waals surface area contributed by atoms with Crippen LogP contribution in [0, 0.1) is 0 Å². The second-order valence-electron chi connectivity index (χ2n) is 14.1. The fraction of sp³-hybridized carbons (Fsp3) is 0. The number of rotatable bonds is 8. The average Bonchev–Trinajstić information content (AvgIpc) is 3.62. The highest BCUT2D eigenvalue weighted by Crippen LogP contribution is 2.46. The molecule has 0 fully saturated rings. The maximum Gasteiger partial charge on any atom is 0.0541 e. The molecule has 1 aromatic heterocycles. The van der Waals surface area contributed by atoms with Gasteiger partial charge in [0, 0.05) is 33.3 Å². The van der Waals surface area contributed by atoms with Crippen molar-refractivity contribution in [1.29, 1.82) is 0 Å². The van der Waals surface area contributed by atoms with Gasteiger partial charge in [-0.25, -0.2) is 0 Å². The Morgan fingerprint density at radius 1 is 0.286 bits per heavy atom. The monoisotopic (exact) mass is 714 g/mol. The van der Waals surface area contributed by atoms with Crippen molar-refractivity contribution in [3.05, 3.63) is 231 Å². The highest BCUT2D eigenvalue weighted by atomic mass is 15.1. The Balaban J connectivity index is 1.21. The second kappa shape index (κ2) is 14.4. The van der Waals surface area contributed by atoms with E-state index in [1.54, 1.807) is 0 Å². The lowest BCUT2D eigenvalue weighted by Crippen LogP contribution is -2.12. The molecule has 1 heterocycles. The summed E-state index contributed by atoms with van der Waals surface area (Å²) in [5.41, 5.74) is 16.2. The van der Waals surface area contributed by atoms with Gasteiger partial charge in [-0.1, -0.05) is 182 Å². The Labute approximate surface area is 327 Å². The Morgan fingerprint density at radius 3 is 1.39 bits per heavy atom. The van der Waals surface area contributed by atoms with Crippen LogP contribution in [0.4, 0.5) is 17.1 Å². The zero-order valence-corrected chi connectivity index (χ0v) is 30.8. The molecular weight excluding hydrogens is 677 g/mol. The van der Waals surface area contributed by atoms with Crippen molar-refractivity contribution in [3.63, 3.8) is 0 Å². The average molecular weight is 715 g/mol. The van der Waals surface area contributed by atoms with Crippen molar-refractivity contribution in [2.45, 2.75) is 0 Å². The van der Waals surface area contributed by atoms with E-state index in [0.717, 1.165) is 33.9 Å². The van der Waals surface area contributed by atoms with E-state index in [4.69, 9.17) is 0 Å². The number of anilines is 3. The smallest absolute Gasteiger partial charge is 0.0541 e. The van der Waals surface area contributed by atoms with Gasteiger partial charge in [0.05, 0.1) is 22.4 Å². The van der Waals surface area contributed by atoms with Gasteiger partial charge < -0.3 is 9.47 Å². The largest absolute Gasteiger partial charge is 0.310 e. The fourth-order valence-corrected chi connectivity index (χ4v) is 8.23. The van der Waals surface area contributed by atoms with Gasteiger partial charge in [0.2, 0.25) is 0 Å². The van der Waals surface area contributed by atoms with Crippen LogP contribution in [-0.2, 0) is 0 Å². The molecule has 0 bridgehead atoms. The highest BCUT2D eigenvalue weighted by molar-refractivity contribution is 6.10. The van der Waals surface area contributed by atoms with Gasteiger partial charge in [-0.15, -0.1) is 0 Å². The molecule has 0 saturated heterocycles. The predicted molar refractivity (Wildman–Crippen MR) is 237 cm³/mol. The van der Waals surface area contributed by atoms with E-state index >= 15 is 0 Å². The summed E-state index contributed by atoms with van der Waals surface area (Å²) < 4.78 is 2.43.